The van der Waals surface area contributed by atoms with Crippen LogP contribution in [0.3, 0.4) is 0 Å². The van der Waals surface area contributed by atoms with Gasteiger partial charge in [0.15, 0.2) is 16.6 Å². The van der Waals surface area contributed by atoms with E-state index in [0.29, 0.717) is 45.9 Å². The number of hydrogen-bond acceptors (Lipinski definition) is 5. The van der Waals surface area contributed by atoms with Gasteiger partial charge in [0.2, 0.25) is 0 Å². The zero-order valence-corrected chi connectivity index (χ0v) is 19.5. The lowest BCUT2D eigenvalue weighted by Gasteiger charge is -2.14. The van der Waals surface area contributed by atoms with Crippen molar-refractivity contribution >= 4 is 35.0 Å². The summed E-state index contributed by atoms with van der Waals surface area (Å²) in [6.07, 6.45) is 1.71. The fraction of sp³-hybridized carbons (Fsp3) is 0.154. The molecule has 0 saturated carbocycles. The second kappa shape index (κ2) is 10.4. The first-order chi connectivity index (χ1) is 16.5. The number of carbonyl (C=O) groups is 1. The molecule has 1 heterocycles. The van der Waals surface area contributed by atoms with Gasteiger partial charge >= 0.3 is 0 Å². The molecule has 6 nitrogen and oxygen atoms in total. The van der Waals surface area contributed by atoms with Crippen LogP contribution in [0.4, 0.5) is 10.1 Å². The van der Waals surface area contributed by atoms with Crippen molar-refractivity contribution in [1.29, 1.82) is 0 Å². The van der Waals surface area contributed by atoms with Gasteiger partial charge in [-0.3, -0.25) is 9.69 Å². The molecule has 4 rings (SSSR count). The summed E-state index contributed by atoms with van der Waals surface area (Å²) >= 11 is 5.38. The van der Waals surface area contributed by atoms with Crippen LogP contribution < -0.4 is 24.4 Å². The second-order valence-electron chi connectivity index (χ2n) is 7.38. The number of hydrogen-bond donors (Lipinski definition) is 1. The van der Waals surface area contributed by atoms with E-state index in [2.05, 4.69) is 5.32 Å². The number of halogens is 1. The summed E-state index contributed by atoms with van der Waals surface area (Å²) in [7, 11) is 1.58. The predicted octanol–water partition coefficient (Wildman–Crippen LogP) is 5.07. The van der Waals surface area contributed by atoms with E-state index in [1.165, 1.54) is 17.0 Å². The zero-order chi connectivity index (χ0) is 24.1. The zero-order valence-electron chi connectivity index (χ0n) is 18.7. The monoisotopic (exact) mass is 478 g/mol. The molecule has 8 heteroatoms. The largest absolute Gasteiger partial charge is 0.497 e. The summed E-state index contributed by atoms with van der Waals surface area (Å²) in [5.74, 6) is 1.15. The van der Waals surface area contributed by atoms with Gasteiger partial charge in [-0.1, -0.05) is 18.2 Å². The molecule has 0 unspecified atom stereocenters. The minimum Gasteiger partial charge on any atom is -0.497 e. The lowest BCUT2D eigenvalue weighted by atomic mass is 10.1. The maximum Gasteiger partial charge on any atom is 0.281 e. The summed E-state index contributed by atoms with van der Waals surface area (Å²) < 4.78 is 30.2. The van der Waals surface area contributed by atoms with Gasteiger partial charge in [0.05, 0.1) is 19.4 Å². The highest BCUT2D eigenvalue weighted by atomic mass is 32.1. The van der Waals surface area contributed by atoms with E-state index >= 15 is 0 Å². The van der Waals surface area contributed by atoms with Gasteiger partial charge < -0.3 is 19.5 Å². The molecule has 0 radical (unpaired) electrons. The maximum atomic E-state index is 13.4. The third-order valence-electron chi connectivity index (χ3n) is 5.07. The Balaban J connectivity index is 1.54. The first kappa shape index (κ1) is 23.3. The van der Waals surface area contributed by atoms with E-state index in [9.17, 15) is 9.18 Å². The molecule has 3 aromatic carbocycles. The molecular formula is C26H23FN2O4S. The number of amides is 1. The van der Waals surface area contributed by atoms with E-state index in [4.69, 9.17) is 26.4 Å². The first-order valence-electron chi connectivity index (χ1n) is 10.6. The van der Waals surface area contributed by atoms with Crippen molar-refractivity contribution < 1.29 is 23.4 Å². The molecule has 1 saturated heterocycles. The Kier molecular flexibility index (Phi) is 7.08. The third-order valence-corrected chi connectivity index (χ3v) is 5.36. The second-order valence-corrected chi connectivity index (χ2v) is 7.77. The van der Waals surface area contributed by atoms with Crippen molar-refractivity contribution in [3.63, 3.8) is 0 Å². The standard InChI is InChI=1S/C26H23FN2O4S/c1-3-32-24-15-17(7-12-23(24)33-16-18-5-4-6-19(27)13-18)14-22-25(30)29(26(34)28-22)20-8-10-21(31-2)11-9-20/h4-15H,3,16H2,1-2H3,(H,28,34). The number of benzene rings is 3. The van der Waals surface area contributed by atoms with Crippen molar-refractivity contribution in [3.8, 4) is 17.2 Å². The van der Waals surface area contributed by atoms with Gasteiger partial charge in [0.1, 0.15) is 23.9 Å². The van der Waals surface area contributed by atoms with Gasteiger partial charge in [-0.05, 0) is 84.9 Å². The molecule has 174 valence electrons. The molecule has 0 spiro atoms. The highest BCUT2D eigenvalue weighted by molar-refractivity contribution is 7.80. The van der Waals surface area contributed by atoms with Crippen molar-refractivity contribution in [2.45, 2.75) is 13.5 Å². The molecule has 0 atom stereocenters. The molecule has 1 fully saturated rings. The minimum absolute atomic E-state index is 0.198. The summed E-state index contributed by atoms with van der Waals surface area (Å²) in [5, 5.41) is 3.27. The van der Waals surface area contributed by atoms with Crippen LogP contribution in [0.1, 0.15) is 18.1 Å². The third kappa shape index (κ3) is 5.18. The Morgan fingerprint density at radius 3 is 2.53 bits per heavy atom. The maximum absolute atomic E-state index is 13.4. The van der Waals surface area contributed by atoms with Crippen LogP contribution in [0.5, 0.6) is 17.2 Å². The van der Waals surface area contributed by atoms with Crippen molar-refractivity contribution in [2.75, 3.05) is 18.6 Å². The van der Waals surface area contributed by atoms with Crippen LogP contribution >= 0.6 is 12.2 Å². The van der Waals surface area contributed by atoms with E-state index < -0.39 is 0 Å². The van der Waals surface area contributed by atoms with E-state index in [-0.39, 0.29) is 18.3 Å². The molecule has 1 amide bonds. The van der Waals surface area contributed by atoms with Crippen LogP contribution in [0.2, 0.25) is 0 Å². The van der Waals surface area contributed by atoms with Gasteiger partial charge in [0, 0.05) is 0 Å². The Morgan fingerprint density at radius 2 is 1.82 bits per heavy atom. The predicted molar refractivity (Wildman–Crippen MR) is 133 cm³/mol. The number of nitrogens with zero attached hydrogens (tertiary/aromatic N) is 1. The number of thiocarbonyl (C=S) groups is 1. The lowest BCUT2D eigenvalue weighted by molar-refractivity contribution is -0.113. The minimum atomic E-state index is -0.316. The number of ether oxygens (including phenoxy) is 3. The summed E-state index contributed by atoms with van der Waals surface area (Å²) in [6.45, 7) is 2.50. The molecule has 0 aromatic heterocycles. The average Bonchev–Trinajstić information content (AvgIpc) is 3.11. The molecule has 0 aliphatic carbocycles. The Hall–Kier alpha value is -3.91. The van der Waals surface area contributed by atoms with E-state index in [1.54, 1.807) is 61.7 Å². The smallest absolute Gasteiger partial charge is 0.281 e. The highest BCUT2D eigenvalue weighted by Crippen LogP contribution is 2.31. The molecule has 3 aromatic rings. The van der Waals surface area contributed by atoms with Gasteiger partial charge in [-0.25, -0.2) is 4.39 Å². The summed E-state index contributed by atoms with van der Waals surface area (Å²) in [4.78, 5) is 14.5. The normalized spacial score (nSPS) is 14.3. The molecule has 0 bridgehead atoms. The Morgan fingerprint density at radius 1 is 1.03 bits per heavy atom. The summed E-state index contributed by atoms with van der Waals surface area (Å²) in [5.41, 5.74) is 2.43. The number of anilines is 1. The Bertz CT molecular complexity index is 1240. The molecule has 34 heavy (non-hydrogen) atoms. The van der Waals surface area contributed by atoms with Crippen LogP contribution in [-0.2, 0) is 11.4 Å². The first-order valence-corrected chi connectivity index (χ1v) is 11.0. The quantitative estimate of drug-likeness (QED) is 0.360. The highest BCUT2D eigenvalue weighted by Gasteiger charge is 2.32. The van der Waals surface area contributed by atoms with Gasteiger partial charge in [-0.2, -0.15) is 0 Å². The lowest BCUT2D eigenvalue weighted by Crippen LogP contribution is -2.30. The number of rotatable bonds is 8. The fourth-order valence-corrected chi connectivity index (χ4v) is 3.76. The van der Waals surface area contributed by atoms with Gasteiger partial charge in [-0.15, -0.1) is 0 Å². The van der Waals surface area contributed by atoms with Crippen LogP contribution in [0.25, 0.3) is 6.08 Å². The van der Waals surface area contributed by atoms with Crippen molar-refractivity contribution in [2.24, 2.45) is 0 Å². The number of nitrogens with one attached hydrogen (secondary N) is 1. The van der Waals surface area contributed by atoms with Gasteiger partial charge in [0.25, 0.3) is 5.91 Å². The number of carbonyl (C=O) groups excluding carboxylic acids is 1. The molecule has 1 aliphatic rings. The van der Waals surface area contributed by atoms with Crippen molar-refractivity contribution in [3.05, 3.63) is 89.4 Å². The SMILES string of the molecule is CCOc1cc(C=C2NC(=S)N(c3ccc(OC)cc3)C2=O)ccc1OCc1cccc(F)c1. The fourth-order valence-electron chi connectivity index (χ4n) is 3.46. The number of methoxy groups -OCH3 is 1. The molecule has 1 N–H and O–H groups in total. The summed E-state index contributed by atoms with van der Waals surface area (Å²) in [6, 6.07) is 18.7. The van der Waals surface area contributed by atoms with Crippen LogP contribution in [0.15, 0.2) is 72.4 Å². The van der Waals surface area contributed by atoms with Crippen LogP contribution in [0, 0.1) is 5.82 Å². The average molecular weight is 479 g/mol. The van der Waals surface area contributed by atoms with E-state index in [0.717, 1.165) is 5.56 Å². The van der Waals surface area contributed by atoms with Crippen molar-refractivity contribution in [1.82, 2.24) is 5.32 Å². The molecule has 1 aliphatic heterocycles. The molecular weight excluding hydrogens is 455 g/mol. The topological polar surface area (TPSA) is 60.0 Å². The Labute approximate surface area is 202 Å². The van der Waals surface area contributed by atoms with Crippen LogP contribution in [-0.4, -0.2) is 24.7 Å². The van der Waals surface area contributed by atoms with E-state index in [1.807, 2.05) is 13.0 Å².